The molecule has 0 aliphatic carbocycles. The third kappa shape index (κ3) is 3.24. The molecule has 3 aromatic rings. The number of amides is 2. The lowest BCUT2D eigenvalue weighted by molar-refractivity contribution is -0.165. The van der Waals surface area contributed by atoms with E-state index in [1.807, 2.05) is 0 Å². The summed E-state index contributed by atoms with van der Waals surface area (Å²) in [4.78, 5) is 58.1. The molecule has 1 aromatic carbocycles. The average Bonchev–Trinajstić information content (AvgIpc) is 3.22. The highest BCUT2D eigenvalue weighted by Crippen LogP contribution is 2.23. The summed E-state index contributed by atoms with van der Waals surface area (Å²) in [7, 11) is 0. The van der Waals surface area contributed by atoms with E-state index in [0.29, 0.717) is 21.5 Å². The van der Waals surface area contributed by atoms with Crippen molar-refractivity contribution in [2.24, 2.45) is 0 Å². The van der Waals surface area contributed by atoms with Gasteiger partial charge < -0.3 is 4.84 Å². The van der Waals surface area contributed by atoms with Crippen LogP contribution in [-0.4, -0.2) is 38.0 Å². The first-order valence-corrected chi connectivity index (χ1v) is 9.80. The van der Waals surface area contributed by atoms with Crippen molar-refractivity contribution in [3.63, 3.8) is 0 Å². The van der Waals surface area contributed by atoms with Crippen LogP contribution in [0, 0.1) is 0 Å². The van der Waals surface area contributed by atoms with E-state index in [2.05, 4.69) is 4.98 Å². The summed E-state index contributed by atoms with van der Waals surface area (Å²) in [6.07, 6.45) is 1.64. The van der Waals surface area contributed by atoms with Crippen LogP contribution >= 0.6 is 23.1 Å². The molecular weight excluding hydrogens is 390 g/mol. The van der Waals surface area contributed by atoms with Gasteiger partial charge in [-0.3, -0.25) is 18.8 Å². The lowest BCUT2D eigenvalue weighted by Gasteiger charge is -2.12. The normalized spacial score (nSPS) is 13.3. The molecule has 0 spiro atoms. The lowest BCUT2D eigenvalue weighted by atomic mass is 10.1. The van der Waals surface area contributed by atoms with E-state index >= 15 is 0 Å². The zero-order chi connectivity index (χ0) is 19.0. The van der Waals surface area contributed by atoms with Crippen LogP contribution in [0.15, 0.2) is 46.7 Å². The zero-order valence-corrected chi connectivity index (χ0v) is 15.3. The minimum Gasteiger partial charge on any atom is -0.329 e. The van der Waals surface area contributed by atoms with Gasteiger partial charge in [-0.15, -0.1) is 23.1 Å². The fourth-order valence-corrected chi connectivity index (χ4v) is 4.00. The van der Waals surface area contributed by atoms with Crippen LogP contribution < -0.4 is 5.56 Å². The maximum atomic E-state index is 12.1. The predicted molar refractivity (Wildman–Crippen MR) is 98.5 cm³/mol. The Morgan fingerprint density at radius 2 is 1.85 bits per heavy atom. The van der Waals surface area contributed by atoms with Gasteiger partial charge in [0.1, 0.15) is 0 Å². The highest BCUT2D eigenvalue weighted by atomic mass is 32.2. The smallest absolute Gasteiger partial charge is 0.329 e. The summed E-state index contributed by atoms with van der Waals surface area (Å²) in [6, 6.07) is 7.67. The van der Waals surface area contributed by atoms with Crippen molar-refractivity contribution in [2.45, 2.75) is 5.75 Å². The number of aromatic nitrogens is 2. The maximum absolute atomic E-state index is 12.1. The van der Waals surface area contributed by atoms with Gasteiger partial charge in [0, 0.05) is 23.4 Å². The highest BCUT2D eigenvalue weighted by Gasteiger charge is 2.38. The van der Waals surface area contributed by atoms with Gasteiger partial charge in [0.05, 0.1) is 22.6 Å². The topological polar surface area (TPSA) is 98.1 Å². The number of thiazole rings is 1. The first kappa shape index (κ1) is 17.4. The number of nitrogens with zero attached hydrogens (tertiary/aromatic N) is 3. The van der Waals surface area contributed by atoms with Gasteiger partial charge in [0.25, 0.3) is 17.4 Å². The van der Waals surface area contributed by atoms with Crippen molar-refractivity contribution in [3.8, 4) is 0 Å². The van der Waals surface area contributed by atoms with Crippen LogP contribution in [0.5, 0.6) is 0 Å². The second kappa shape index (κ2) is 6.97. The van der Waals surface area contributed by atoms with Crippen molar-refractivity contribution in [3.05, 3.63) is 69.1 Å². The summed E-state index contributed by atoms with van der Waals surface area (Å²) in [5.41, 5.74) is 0.764. The predicted octanol–water partition coefficient (Wildman–Crippen LogP) is 1.74. The highest BCUT2D eigenvalue weighted by molar-refractivity contribution is 7.99. The van der Waals surface area contributed by atoms with Crippen LogP contribution in [0.3, 0.4) is 0 Å². The van der Waals surface area contributed by atoms with E-state index < -0.39 is 17.8 Å². The van der Waals surface area contributed by atoms with E-state index in [-0.39, 0.29) is 22.4 Å². The average molecular weight is 401 g/mol. The van der Waals surface area contributed by atoms with E-state index in [4.69, 9.17) is 4.84 Å². The third-order valence-corrected chi connectivity index (χ3v) is 5.47. The molecule has 0 radical (unpaired) electrons. The standard InChI is InChI=1S/C17H11N3O5S2/c21-13-7-10(18-17-19(13)5-6-27-17)8-26-9-14(22)25-20-15(23)11-3-1-2-4-12(11)16(20)24/h1-7H,8-9H2. The molecule has 3 heterocycles. The molecular formula is C17H11N3O5S2. The molecule has 1 aliphatic rings. The van der Waals surface area contributed by atoms with Gasteiger partial charge in [-0.25, -0.2) is 9.78 Å². The Morgan fingerprint density at radius 1 is 1.15 bits per heavy atom. The number of hydrogen-bond donors (Lipinski definition) is 0. The molecule has 27 heavy (non-hydrogen) atoms. The molecule has 2 aromatic heterocycles. The van der Waals surface area contributed by atoms with Gasteiger partial charge in [0.15, 0.2) is 4.96 Å². The van der Waals surface area contributed by atoms with Crippen molar-refractivity contribution < 1.29 is 19.2 Å². The number of rotatable bonds is 5. The van der Waals surface area contributed by atoms with Crippen LogP contribution in [0.4, 0.5) is 0 Å². The number of thioether (sulfide) groups is 1. The molecule has 10 heteroatoms. The van der Waals surface area contributed by atoms with Gasteiger partial charge >= 0.3 is 5.97 Å². The lowest BCUT2D eigenvalue weighted by Crippen LogP contribution is -2.33. The molecule has 4 rings (SSSR count). The first-order valence-electron chi connectivity index (χ1n) is 7.77. The van der Waals surface area contributed by atoms with E-state index in [1.54, 1.807) is 23.7 Å². The van der Waals surface area contributed by atoms with Crippen molar-refractivity contribution >= 4 is 45.8 Å². The summed E-state index contributed by atoms with van der Waals surface area (Å²) >= 11 is 2.51. The largest absolute Gasteiger partial charge is 0.343 e. The van der Waals surface area contributed by atoms with Crippen LogP contribution in [0.2, 0.25) is 0 Å². The molecule has 0 fully saturated rings. The molecule has 8 nitrogen and oxygen atoms in total. The van der Waals surface area contributed by atoms with Crippen molar-refractivity contribution in [1.82, 2.24) is 14.4 Å². The molecule has 1 aliphatic heterocycles. The number of carbonyl (C=O) groups is 3. The Morgan fingerprint density at radius 3 is 2.56 bits per heavy atom. The Balaban J connectivity index is 1.35. The fraction of sp³-hybridized carbons (Fsp3) is 0.118. The Bertz CT molecular complexity index is 1100. The molecule has 0 unspecified atom stereocenters. The Kier molecular flexibility index (Phi) is 4.50. The SMILES string of the molecule is O=C(CSCc1cc(=O)n2ccsc2n1)ON1C(=O)c2ccccc2C1=O. The summed E-state index contributed by atoms with van der Waals surface area (Å²) < 4.78 is 1.44. The minimum absolute atomic E-state index is 0.0983. The quantitative estimate of drug-likeness (QED) is 0.601. The first-order chi connectivity index (χ1) is 13.0. The summed E-state index contributed by atoms with van der Waals surface area (Å²) in [6.45, 7) is 0. The van der Waals surface area contributed by atoms with Crippen LogP contribution in [-0.2, 0) is 15.4 Å². The third-order valence-electron chi connectivity index (χ3n) is 3.78. The molecule has 0 bridgehead atoms. The summed E-state index contributed by atoms with van der Waals surface area (Å²) in [5.74, 6) is -1.83. The van der Waals surface area contributed by atoms with E-state index in [9.17, 15) is 19.2 Å². The van der Waals surface area contributed by atoms with E-state index in [0.717, 1.165) is 0 Å². The van der Waals surface area contributed by atoms with Gasteiger partial charge in [-0.2, -0.15) is 0 Å². The number of fused-ring (bicyclic) bond motifs is 2. The van der Waals surface area contributed by atoms with Crippen molar-refractivity contribution in [1.29, 1.82) is 0 Å². The monoisotopic (exact) mass is 401 g/mol. The Hall–Kier alpha value is -2.98. The van der Waals surface area contributed by atoms with Gasteiger partial charge in [0.2, 0.25) is 0 Å². The van der Waals surface area contributed by atoms with Crippen LogP contribution in [0.1, 0.15) is 26.4 Å². The molecule has 0 saturated carbocycles. The minimum atomic E-state index is -0.733. The van der Waals surface area contributed by atoms with E-state index in [1.165, 1.54) is 45.7 Å². The maximum Gasteiger partial charge on any atom is 0.343 e. The fourth-order valence-electron chi connectivity index (χ4n) is 2.58. The van der Waals surface area contributed by atoms with Gasteiger partial charge in [-0.1, -0.05) is 17.2 Å². The van der Waals surface area contributed by atoms with Crippen LogP contribution in [0.25, 0.3) is 4.96 Å². The molecule has 0 saturated heterocycles. The summed E-state index contributed by atoms with van der Waals surface area (Å²) in [5, 5.41) is 2.25. The number of benzene rings is 1. The molecule has 0 N–H and O–H groups in total. The number of imide groups is 1. The van der Waals surface area contributed by atoms with Gasteiger partial charge in [-0.05, 0) is 12.1 Å². The zero-order valence-electron chi connectivity index (χ0n) is 13.7. The second-order valence-corrected chi connectivity index (χ2v) is 7.41. The molecule has 136 valence electrons. The Labute approximate surface area is 160 Å². The number of carbonyl (C=O) groups excluding carboxylic acids is 3. The molecule has 2 amide bonds. The second-order valence-electron chi connectivity index (χ2n) is 5.55. The van der Waals surface area contributed by atoms with Crippen molar-refractivity contribution in [2.75, 3.05) is 5.75 Å². The number of hydroxylamine groups is 2. The number of hydrogen-bond acceptors (Lipinski definition) is 8. The molecule has 0 atom stereocenters.